The Morgan fingerprint density at radius 3 is 2.58 bits per heavy atom. The van der Waals surface area contributed by atoms with Gasteiger partial charge in [-0.2, -0.15) is 0 Å². The van der Waals surface area contributed by atoms with Crippen LogP contribution in [0.3, 0.4) is 0 Å². The Morgan fingerprint density at radius 2 is 1.95 bits per heavy atom. The molecule has 0 saturated heterocycles. The minimum atomic E-state index is -0.367. The lowest BCUT2D eigenvalue weighted by atomic mass is 10.1. The molecule has 0 bridgehead atoms. The van der Waals surface area contributed by atoms with Crippen molar-refractivity contribution in [1.29, 1.82) is 0 Å². The third kappa shape index (κ3) is 3.29. The van der Waals surface area contributed by atoms with Crippen molar-refractivity contribution in [2.45, 2.75) is 26.3 Å². The van der Waals surface area contributed by atoms with Crippen molar-refractivity contribution >= 4 is 21.7 Å². The summed E-state index contributed by atoms with van der Waals surface area (Å²) in [6.07, 6.45) is 1.94. The summed E-state index contributed by atoms with van der Waals surface area (Å²) in [5.41, 5.74) is 1.50. The zero-order valence-corrected chi connectivity index (χ0v) is 12.4. The molecular formula is C14H15BrFN3. The van der Waals surface area contributed by atoms with Crippen LogP contribution in [0.1, 0.15) is 31.1 Å². The molecule has 0 aliphatic heterocycles. The van der Waals surface area contributed by atoms with Gasteiger partial charge in [0.25, 0.3) is 0 Å². The van der Waals surface area contributed by atoms with Gasteiger partial charge >= 0.3 is 0 Å². The second-order valence-electron chi connectivity index (χ2n) is 4.25. The molecule has 1 N–H and O–H groups in total. The molecule has 0 fully saturated rings. The molecule has 0 spiro atoms. The highest BCUT2D eigenvalue weighted by Gasteiger charge is 2.12. The van der Waals surface area contributed by atoms with Crippen LogP contribution in [0, 0.1) is 5.82 Å². The molecule has 2 aromatic rings. The van der Waals surface area contributed by atoms with Crippen LogP contribution < -0.4 is 5.32 Å². The number of benzene rings is 1. The molecule has 0 aliphatic carbocycles. The van der Waals surface area contributed by atoms with Crippen molar-refractivity contribution in [2.75, 3.05) is 5.32 Å². The average Bonchev–Trinajstić information content (AvgIpc) is 2.42. The van der Waals surface area contributed by atoms with Crippen molar-refractivity contribution < 1.29 is 4.39 Å². The number of aromatic nitrogens is 2. The van der Waals surface area contributed by atoms with Crippen LogP contribution in [0.5, 0.6) is 0 Å². The molecule has 1 unspecified atom stereocenters. The Labute approximate surface area is 120 Å². The van der Waals surface area contributed by atoms with Gasteiger partial charge in [-0.15, -0.1) is 0 Å². The lowest BCUT2D eigenvalue weighted by Crippen LogP contribution is -2.11. The van der Waals surface area contributed by atoms with E-state index in [2.05, 4.69) is 31.2 Å². The molecule has 2 rings (SSSR count). The summed E-state index contributed by atoms with van der Waals surface area (Å²) in [5.74, 6) is -0.115. The van der Waals surface area contributed by atoms with Crippen LogP contribution in [0.15, 0.2) is 35.1 Å². The number of anilines is 1. The van der Waals surface area contributed by atoms with E-state index in [1.807, 2.05) is 38.1 Å². The number of halogens is 2. The summed E-state index contributed by atoms with van der Waals surface area (Å²) in [7, 11) is 0. The smallest absolute Gasteiger partial charge is 0.186 e. The fourth-order valence-electron chi connectivity index (χ4n) is 1.79. The molecule has 1 aromatic carbocycles. The third-order valence-corrected chi connectivity index (χ3v) is 3.45. The number of hydrogen-bond acceptors (Lipinski definition) is 3. The second-order valence-corrected chi connectivity index (χ2v) is 5.17. The Kier molecular flexibility index (Phi) is 4.47. The van der Waals surface area contributed by atoms with Gasteiger partial charge in [0.1, 0.15) is 6.33 Å². The van der Waals surface area contributed by atoms with Crippen LogP contribution in [0.4, 0.5) is 10.2 Å². The van der Waals surface area contributed by atoms with Crippen LogP contribution in [0.2, 0.25) is 0 Å². The number of nitrogens with one attached hydrogen (secondary N) is 1. The first-order valence-corrected chi connectivity index (χ1v) is 6.92. The molecule has 100 valence electrons. The number of aryl methyl sites for hydroxylation is 1. The number of hydrogen-bond donors (Lipinski definition) is 1. The van der Waals surface area contributed by atoms with Gasteiger partial charge in [0.15, 0.2) is 11.6 Å². The molecule has 0 aliphatic rings. The first-order chi connectivity index (χ1) is 9.11. The summed E-state index contributed by atoms with van der Waals surface area (Å²) in [4.78, 5) is 7.88. The maximum atomic E-state index is 14.0. The van der Waals surface area contributed by atoms with Crippen LogP contribution in [0.25, 0.3) is 0 Å². The highest BCUT2D eigenvalue weighted by molar-refractivity contribution is 9.10. The Morgan fingerprint density at radius 1 is 1.26 bits per heavy atom. The van der Waals surface area contributed by atoms with E-state index in [1.165, 1.54) is 6.33 Å². The zero-order valence-electron chi connectivity index (χ0n) is 10.8. The number of rotatable bonds is 4. The maximum absolute atomic E-state index is 14.0. The molecule has 5 heteroatoms. The first-order valence-electron chi connectivity index (χ1n) is 6.13. The average molecular weight is 324 g/mol. The van der Waals surface area contributed by atoms with E-state index < -0.39 is 0 Å². The fraction of sp³-hybridized carbons (Fsp3) is 0.286. The van der Waals surface area contributed by atoms with E-state index in [0.29, 0.717) is 12.1 Å². The van der Waals surface area contributed by atoms with Gasteiger partial charge in [0.05, 0.1) is 11.7 Å². The van der Waals surface area contributed by atoms with Crippen LogP contribution >= 0.6 is 15.9 Å². The molecule has 0 saturated carbocycles. The summed E-state index contributed by atoms with van der Waals surface area (Å²) in [6.45, 7) is 3.84. The summed E-state index contributed by atoms with van der Waals surface area (Å²) >= 11 is 3.39. The van der Waals surface area contributed by atoms with Gasteiger partial charge < -0.3 is 5.32 Å². The highest BCUT2D eigenvalue weighted by atomic mass is 79.9. The van der Waals surface area contributed by atoms with E-state index in [0.717, 1.165) is 10.0 Å². The molecule has 1 heterocycles. The summed E-state index contributed by atoms with van der Waals surface area (Å²) in [5, 5.41) is 3.08. The zero-order chi connectivity index (χ0) is 13.8. The minimum absolute atomic E-state index is 0.0257. The van der Waals surface area contributed by atoms with Gasteiger partial charge in [0, 0.05) is 4.47 Å². The maximum Gasteiger partial charge on any atom is 0.186 e. The third-order valence-electron chi connectivity index (χ3n) is 2.92. The van der Waals surface area contributed by atoms with Crippen molar-refractivity contribution in [3.63, 3.8) is 0 Å². The van der Waals surface area contributed by atoms with Gasteiger partial charge in [0.2, 0.25) is 0 Å². The second kappa shape index (κ2) is 6.10. The Bertz CT molecular complexity index is 557. The molecule has 1 aromatic heterocycles. The van der Waals surface area contributed by atoms with Gasteiger partial charge in [-0.25, -0.2) is 14.4 Å². The summed E-state index contributed by atoms with van der Waals surface area (Å²) < 4.78 is 15.0. The first kappa shape index (κ1) is 13.9. The van der Waals surface area contributed by atoms with Crippen molar-refractivity contribution in [1.82, 2.24) is 9.97 Å². The normalized spacial score (nSPS) is 12.2. The van der Waals surface area contributed by atoms with Crippen LogP contribution in [-0.2, 0) is 6.42 Å². The highest BCUT2D eigenvalue weighted by Crippen LogP contribution is 2.22. The fourth-order valence-corrected chi connectivity index (χ4v) is 2.06. The lowest BCUT2D eigenvalue weighted by molar-refractivity contribution is 0.594. The summed E-state index contributed by atoms with van der Waals surface area (Å²) in [6, 6.07) is 7.87. The van der Waals surface area contributed by atoms with Gasteiger partial charge in [-0.05, 0) is 31.0 Å². The van der Waals surface area contributed by atoms with Crippen molar-refractivity contribution in [2.24, 2.45) is 0 Å². The quantitative estimate of drug-likeness (QED) is 0.919. The number of nitrogens with zero attached hydrogens (tertiary/aromatic N) is 2. The Balaban J connectivity index is 2.19. The topological polar surface area (TPSA) is 37.8 Å². The largest absolute Gasteiger partial charge is 0.361 e. The van der Waals surface area contributed by atoms with E-state index in [-0.39, 0.29) is 17.7 Å². The van der Waals surface area contributed by atoms with E-state index in [4.69, 9.17) is 0 Å². The molecule has 0 amide bonds. The molecule has 0 radical (unpaired) electrons. The van der Waals surface area contributed by atoms with Gasteiger partial charge in [-0.1, -0.05) is 35.0 Å². The van der Waals surface area contributed by atoms with Crippen molar-refractivity contribution in [3.05, 3.63) is 52.1 Å². The van der Waals surface area contributed by atoms with Gasteiger partial charge in [-0.3, -0.25) is 0 Å². The van der Waals surface area contributed by atoms with Crippen molar-refractivity contribution in [3.8, 4) is 0 Å². The predicted molar refractivity (Wildman–Crippen MR) is 77.5 cm³/mol. The Hall–Kier alpha value is -1.49. The van der Waals surface area contributed by atoms with Crippen LogP contribution in [-0.4, -0.2) is 9.97 Å². The molecule has 1 atom stereocenters. The lowest BCUT2D eigenvalue weighted by Gasteiger charge is -2.16. The predicted octanol–water partition coefficient (Wildman–Crippen LogP) is 4.11. The van der Waals surface area contributed by atoms with E-state index in [9.17, 15) is 4.39 Å². The SMILES string of the molecule is CCc1ncnc(NC(C)c2ccc(Br)cc2)c1F. The van der Waals surface area contributed by atoms with E-state index >= 15 is 0 Å². The molecular weight excluding hydrogens is 309 g/mol. The molecule has 3 nitrogen and oxygen atoms in total. The monoisotopic (exact) mass is 323 g/mol. The van der Waals surface area contributed by atoms with E-state index in [1.54, 1.807) is 0 Å². The molecule has 19 heavy (non-hydrogen) atoms. The minimum Gasteiger partial charge on any atom is -0.361 e. The standard InChI is InChI=1S/C14H15BrFN3/c1-3-12-13(16)14(18-8-17-12)19-9(2)10-4-6-11(15)7-5-10/h4-9H,3H2,1-2H3,(H,17,18,19).